The van der Waals surface area contributed by atoms with E-state index in [9.17, 15) is 0 Å². The Morgan fingerprint density at radius 2 is 1.94 bits per heavy atom. The van der Waals surface area contributed by atoms with Crippen molar-refractivity contribution in [3.05, 3.63) is 63.9 Å². The van der Waals surface area contributed by atoms with Crippen molar-refractivity contribution in [2.24, 2.45) is 5.73 Å². The van der Waals surface area contributed by atoms with Crippen molar-refractivity contribution in [3.8, 4) is 0 Å². The molecule has 0 aliphatic rings. The SMILES string of the molecule is Cc1ccccc1C(N)c1ccc(Br)cn1. The molecule has 1 unspecified atom stereocenters. The number of hydrogen-bond donors (Lipinski definition) is 1. The second-order valence-corrected chi connectivity index (χ2v) is 4.65. The smallest absolute Gasteiger partial charge is 0.0728 e. The molecular formula is C13H13BrN2. The number of nitrogens with two attached hydrogens (primary N) is 1. The number of aromatic nitrogens is 1. The van der Waals surface area contributed by atoms with Gasteiger partial charge < -0.3 is 5.73 Å². The van der Waals surface area contributed by atoms with Crippen LogP contribution in [-0.4, -0.2) is 4.98 Å². The van der Waals surface area contributed by atoms with Crippen LogP contribution in [0.5, 0.6) is 0 Å². The van der Waals surface area contributed by atoms with Gasteiger partial charge in [0.25, 0.3) is 0 Å². The minimum atomic E-state index is -0.158. The summed E-state index contributed by atoms with van der Waals surface area (Å²) >= 11 is 3.36. The summed E-state index contributed by atoms with van der Waals surface area (Å²) in [5, 5.41) is 0. The molecule has 0 aliphatic carbocycles. The molecule has 82 valence electrons. The van der Waals surface area contributed by atoms with Crippen molar-refractivity contribution >= 4 is 15.9 Å². The van der Waals surface area contributed by atoms with E-state index in [1.54, 1.807) is 6.20 Å². The molecular weight excluding hydrogens is 264 g/mol. The third-order valence-corrected chi connectivity index (χ3v) is 3.06. The zero-order valence-electron chi connectivity index (χ0n) is 9.02. The molecule has 1 atom stereocenters. The molecule has 0 radical (unpaired) electrons. The minimum Gasteiger partial charge on any atom is -0.319 e. The van der Waals surface area contributed by atoms with Crippen LogP contribution in [0.4, 0.5) is 0 Å². The van der Waals surface area contributed by atoms with Gasteiger partial charge in [0.1, 0.15) is 0 Å². The maximum Gasteiger partial charge on any atom is 0.0728 e. The van der Waals surface area contributed by atoms with Gasteiger partial charge in [0.2, 0.25) is 0 Å². The normalized spacial score (nSPS) is 12.4. The first kappa shape index (κ1) is 11.3. The number of rotatable bonds is 2. The first-order chi connectivity index (χ1) is 7.68. The van der Waals surface area contributed by atoms with E-state index in [0.717, 1.165) is 15.7 Å². The molecule has 1 aromatic carbocycles. The van der Waals surface area contributed by atoms with Crippen LogP contribution in [0, 0.1) is 6.92 Å². The minimum absolute atomic E-state index is 0.158. The molecule has 2 rings (SSSR count). The third-order valence-electron chi connectivity index (χ3n) is 2.59. The molecule has 16 heavy (non-hydrogen) atoms. The van der Waals surface area contributed by atoms with Gasteiger partial charge in [0, 0.05) is 10.7 Å². The highest BCUT2D eigenvalue weighted by atomic mass is 79.9. The van der Waals surface area contributed by atoms with E-state index in [2.05, 4.69) is 33.9 Å². The van der Waals surface area contributed by atoms with Crippen molar-refractivity contribution in [1.29, 1.82) is 0 Å². The van der Waals surface area contributed by atoms with Gasteiger partial charge in [-0.25, -0.2) is 0 Å². The molecule has 3 heteroatoms. The van der Waals surface area contributed by atoms with Gasteiger partial charge in [-0.3, -0.25) is 4.98 Å². The topological polar surface area (TPSA) is 38.9 Å². The molecule has 0 spiro atoms. The lowest BCUT2D eigenvalue weighted by Crippen LogP contribution is -2.14. The maximum atomic E-state index is 6.19. The Bertz CT molecular complexity index is 480. The van der Waals surface area contributed by atoms with Crippen LogP contribution < -0.4 is 5.73 Å². The van der Waals surface area contributed by atoms with E-state index in [1.165, 1.54) is 5.56 Å². The lowest BCUT2D eigenvalue weighted by Gasteiger charge is -2.13. The summed E-state index contributed by atoms with van der Waals surface area (Å²) in [5.74, 6) is 0. The van der Waals surface area contributed by atoms with E-state index in [-0.39, 0.29) is 6.04 Å². The predicted octanol–water partition coefficient (Wildman–Crippen LogP) is 3.20. The summed E-state index contributed by atoms with van der Waals surface area (Å²) in [5.41, 5.74) is 9.39. The highest BCUT2D eigenvalue weighted by molar-refractivity contribution is 9.10. The Hall–Kier alpha value is -1.19. The predicted molar refractivity (Wildman–Crippen MR) is 69.1 cm³/mol. The summed E-state index contributed by atoms with van der Waals surface area (Å²) in [4.78, 5) is 4.32. The van der Waals surface area contributed by atoms with E-state index < -0.39 is 0 Å². The lowest BCUT2D eigenvalue weighted by molar-refractivity contribution is 0.820. The van der Waals surface area contributed by atoms with Crippen LogP contribution >= 0.6 is 15.9 Å². The van der Waals surface area contributed by atoms with E-state index in [0.29, 0.717) is 0 Å². The monoisotopic (exact) mass is 276 g/mol. The Morgan fingerprint density at radius 1 is 1.19 bits per heavy atom. The molecule has 0 aliphatic heterocycles. The van der Waals surface area contributed by atoms with Crippen LogP contribution in [0.1, 0.15) is 22.9 Å². The fourth-order valence-electron chi connectivity index (χ4n) is 1.67. The average molecular weight is 277 g/mol. The summed E-state index contributed by atoms with van der Waals surface area (Å²) < 4.78 is 0.966. The second kappa shape index (κ2) is 4.76. The standard InChI is InChI=1S/C13H13BrN2/c1-9-4-2-3-5-11(9)13(15)12-7-6-10(14)8-16-12/h2-8,13H,15H2,1H3. The van der Waals surface area contributed by atoms with Crippen LogP contribution in [0.3, 0.4) is 0 Å². The first-order valence-electron chi connectivity index (χ1n) is 5.11. The molecule has 0 saturated carbocycles. The van der Waals surface area contributed by atoms with Crippen LogP contribution in [0.25, 0.3) is 0 Å². The summed E-state index contributed by atoms with van der Waals surface area (Å²) in [6.45, 7) is 2.06. The molecule has 0 bridgehead atoms. The molecule has 0 amide bonds. The number of benzene rings is 1. The Morgan fingerprint density at radius 3 is 2.56 bits per heavy atom. The zero-order valence-corrected chi connectivity index (χ0v) is 10.6. The average Bonchev–Trinajstić information content (AvgIpc) is 2.30. The van der Waals surface area contributed by atoms with Crippen molar-refractivity contribution in [2.75, 3.05) is 0 Å². The van der Waals surface area contributed by atoms with Crippen molar-refractivity contribution in [2.45, 2.75) is 13.0 Å². The first-order valence-corrected chi connectivity index (χ1v) is 5.90. The van der Waals surface area contributed by atoms with Crippen LogP contribution in [-0.2, 0) is 0 Å². The number of pyridine rings is 1. The van der Waals surface area contributed by atoms with E-state index in [1.807, 2.05) is 30.3 Å². The molecule has 0 fully saturated rings. The summed E-state index contributed by atoms with van der Waals surface area (Å²) in [6.07, 6.45) is 1.77. The van der Waals surface area contributed by atoms with Crippen molar-refractivity contribution in [1.82, 2.24) is 4.98 Å². The number of hydrogen-bond acceptors (Lipinski definition) is 2. The molecule has 0 saturated heterocycles. The van der Waals surface area contributed by atoms with Gasteiger partial charge in [-0.05, 0) is 46.1 Å². The quantitative estimate of drug-likeness (QED) is 0.915. The molecule has 1 aromatic heterocycles. The molecule has 2 nitrogen and oxygen atoms in total. The molecule has 1 heterocycles. The van der Waals surface area contributed by atoms with E-state index in [4.69, 9.17) is 5.73 Å². The molecule has 2 aromatic rings. The lowest BCUT2D eigenvalue weighted by atomic mass is 9.99. The third kappa shape index (κ3) is 2.31. The van der Waals surface area contributed by atoms with Gasteiger partial charge in [0.05, 0.1) is 11.7 Å². The summed E-state index contributed by atoms with van der Waals surface area (Å²) in [7, 11) is 0. The largest absolute Gasteiger partial charge is 0.319 e. The number of nitrogens with zero attached hydrogens (tertiary/aromatic N) is 1. The van der Waals surface area contributed by atoms with Crippen molar-refractivity contribution in [3.63, 3.8) is 0 Å². The van der Waals surface area contributed by atoms with Gasteiger partial charge >= 0.3 is 0 Å². The highest BCUT2D eigenvalue weighted by Crippen LogP contribution is 2.21. The van der Waals surface area contributed by atoms with E-state index >= 15 is 0 Å². The highest BCUT2D eigenvalue weighted by Gasteiger charge is 2.11. The Balaban J connectivity index is 2.35. The van der Waals surface area contributed by atoms with Crippen molar-refractivity contribution < 1.29 is 0 Å². The molecule has 2 N–H and O–H groups in total. The Kier molecular flexibility index (Phi) is 3.36. The fraction of sp³-hybridized carbons (Fsp3) is 0.154. The fourth-order valence-corrected chi connectivity index (χ4v) is 1.90. The van der Waals surface area contributed by atoms with Gasteiger partial charge in [-0.15, -0.1) is 0 Å². The van der Waals surface area contributed by atoms with Gasteiger partial charge in [-0.1, -0.05) is 24.3 Å². The van der Waals surface area contributed by atoms with Crippen LogP contribution in [0.15, 0.2) is 47.1 Å². The maximum absolute atomic E-state index is 6.19. The second-order valence-electron chi connectivity index (χ2n) is 3.74. The zero-order chi connectivity index (χ0) is 11.5. The number of aryl methyl sites for hydroxylation is 1. The Labute approximate surface area is 104 Å². The summed E-state index contributed by atoms with van der Waals surface area (Å²) in [6, 6.07) is 11.9. The van der Waals surface area contributed by atoms with Gasteiger partial charge in [0.15, 0.2) is 0 Å². The van der Waals surface area contributed by atoms with Crippen LogP contribution in [0.2, 0.25) is 0 Å². The van der Waals surface area contributed by atoms with Gasteiger partial charge in [-0.2, -0.15) is 0 Å². The number of halogens is 1.